The Morgan fingerprint density at radius 3 is 2.45 bits per heavy atom. The van der Waals surface area contributed by atoms with Gasteiger partial charge in [0, 0.05) is 25.1 Å². The molecule has 2 aliphatic rings. The Balaban J connectivity index is 0.00000125. The van der Waals surface area contributed by atoms with Crippen molar-refractivity contribution in [1.82, 2.24) is 10.2 Å². The summed E-state index contributed by atoms with van der Waals surface area (Å²) in [5.74, 6) is -1.02. The van der Waals surface area contributed by atoms with Crippen molar-refractivity contribution in [1.29, 1.82) is 0 Å². The minimum atomic E-state index is -0.925. The van der Waals surface area contributed by atoms with E-state index in [2.05, 4.69) is 50.6 Å². The van der Waals surface area contributed by atoms with Crippen LogP contribution in [0.2, 0.25) is 0 Å². The molecule has 188 valence electrons. The monoisotopic (exact) mass is 464 g/mol. The molecular formula is C28H46F2N2O. The Kier molecular flexibility index (Phi) is 13.5. The summed E-state index contributed by atoms with van der Waals surface area (Å²) in [5, 5.41) is 2.96. The van der Waals surface area contributed by atoms with Gasteiger partial charge in [0.15, 0.2) is 0 Å². The normalized spacial score (nSPS) is 21.9. The summed E-state index contributed by atoms with van der Waals surface area (Å²) in [7, 11) is 0. The molecular weight excluding hydrogens is 418 g/mol. The molecule has 1 saturated heterocycles. The number of halogens is 2. The zero-order valence-electron chi connectivity index (χ0n) is 21.7. The molecule has 0 saturated carbocycles. The number of hydrogen-bond donors (Lipinski definition) is 1. The van der Waals surface area contributed by atoms with Gasteiger partial charge in [-0.15, -0.1) is 5.73 Å². The van der Waals surface area contributed by atoms with E-state index in [1.807, 2.05) is 6.92 Å². The van der Waals surface area contributed by atoms with E-state index in [9.17, 15) is 13.6 Å². The van der Waals surface area contributed by atoms with Gasteiger partial charge in [0.05, 0.1) is 5.92 Å². The third-order valence-electron chi connectivity index (χ3n) is 6.18. The van der Waals surface area contributed by atoms with Crippen LogP contribution >= 0.6 is 0 Å². The second-order valence-corrected chi connectivity index (χ2v) is 10.4. The number of rotatable bonds is 9. The summed E-state index contributed by atoms with van der Waals surface area (Å²) in [6.45, 7) is 15.6. The second kappa shape index (κ2) is 15.2. The SMILES string of the molecule is CCCC.CCCC(C(=O)NC[C@@H]1CCN(CCC(C)(C)C)C[C@@H]1F)C1=CC=C(F)C=C=C1. The van der Waals surface area contributed by atoms with Crippen LogP contribution in [0.15, 0.2) is 41.4 Å². The van der Waals surface area contributed by atoms with E-state index in [1.54, 1.807) is 12.2 Å². The van der Waals surface area contributed by atoms with E-state index in [1.165, 1.54) is 25.0 Å². The van der Waals surface area contributed by atoms with Crippen LogP contribution < -0.4 is 5.32 Å². The fraction of sp³-hybridized carbons (Fsp3) is 0.714. The van der Waals surface area contributed by atoms with Crippen LogP contribution in [-0.2, 0) is 4.79 Å². The average molecular weight is 465 g/mol. The third kappa shape index (κ3) is 11.8. The van der Waals surface area contributed by atoms with Crippen molar-refractivity contribution in [3.63, 3.8) is 0 Å². The molecule has 2 rings (SSSR count). The first kappa shape index (κ1) is 29.3. The van der Waals surface area contributed by atoms with Crippen LogP contribution in [0.25, 0.3) is 0 Å². The van der Waals surface area contributed by atoms with Crippen molar-refractivity contribution >= 4 is 5.91 Å². The Morgan fingerprint density at radius 2 is 1.88 bits per heavy atom. The zero-order valence-corrected chi connectivity index (χ0v) is 21.7. The summed E-state index contributed by atoms with van der Waals surface area (Å²) in [6.07, 6.45) is 10.9. The van der Waals surface area contributed by atoms with E-state index < -0.39 is 6.17 Å². The van der Waals surface area contributed by atoms with Gasteiger partial charge in [0.25, 0.3) is 0 Å². The largest absolute Gasteiger partial charge is 0.355 e. The number of amides is 1. The number of carbonyl (C=O) groups is 1. The van der Waals surface area contributed by atoms with Gasteiger partial charge in [-0.05, 0) is 55.5 Å². The smallest absolute Gasteiger partial charge is 0.227 e. The van der Waals surface area contributed by atoms with Gasteiger partial charge in [-0.25, -0.2) is 8.78 Å². The summed E-state index contributed by atoms with van der Waals surface area (Å²) in [5.41, 5.74) is 3.76. The fourth-order valence-corrected chi connectivity index (χ4v) is 3.74. The molecule has 3 nitrogen and oxygen atoms in total. The highest BCUT2D eigenvalue weighted by molar-refractivity contribution is 5.82. The van der Waals surface area contributed by atoms with Crippen LogP contribution in [0.4, 0.5) is 8.78 Å². The topological polar surface area (TPSA) is 32.3 Å². The van der Waals surface area contributed by atoms with Crippen LogP contribution in [0.1, 0.15) is 80.1 Å². The lowest BCUT2D eigenvalue weighted by Crippen LogP contribution is -2.47. The van der Waals surface area contributed by atoms with Crippen molar-refractivity contribution < 1.29 is 13.6 Å². The number of likely N-dealkylation sites (tertiary alicyclic amines) is 1. The Hall–Kier alpha value is -1.71. The predicted octanol–water partition coefficient (Wildman–Crippen LogP) is 6.93. The molecule has 1 fully saturated rings. The number of nitrogens with one attached hydrogen (secondary N) is 1. The predicted molar refractivity (Wildman–Crippen MR) is 135 cm³/mol. The lowest BCUT2D eigenvalue weighted by molar-refractivity contribution is -0.124. The summed E-state index contributed by atoms with van der Waals surface area (Å²) in [4.78, 5) is 15.0. The summed E-state index contributed by atoms with van der Waals surface area (Å²) in [6, 6.07) is 0. The highest BCUT2D eigenvalue weighted by Crippen LogP contribution is 2.25. The maximum Gasteiger partial charge on any atom is 0.227 e. The van der Waals surface area contributed by atoms with Gasteiger partial charge in [0.2, 0.25) is 5.91 Å². The first-order chi connectivity index (χ1) is 15.6. The van der Waals surface area contributed by atoms with E-state index in [0.29, 0.717) is 19.5 Å². The van der Waals surface area contributed by atoms with E-state index in [-0.39, 0.29) is 29.0 Å². The molecule has 1 N–H and O–H groups in total. The lowest BCUT2D eigenvalue weighted by Gasteiger charge is -2.36. The zero-order chi connectivity index (χ0) is 24.9. The standard InChI is InChI=1S/C24H36F2N2O.C4H10/c1-5-7-21(18-8-6-9-20(25)11-10-18)23(29)27-16-19-12-14-28(17-22(19)26)15-13-24(2,3)4;1-3-4-2/h8-11,19,21-22H,5,7,12-17H2,1-4H3,(H,27,29);3-4H2,1-2H3/t19-,21?,22-;/m0./s1. The average Bonchev–Trinajstić information content (AvgIpc) is 2.99. The summed E-state index contributed by atoms with van der Waals surface area (Å²) < 4.78 is 28.1. The number of piperidine rings is 1. The van der Waals surface area contributed by atoms with Crippen molar-refractivity contribution in [2.45, 2.75) is 86.2 Å². The van der Waals surface area contributed by atoms with Gasteiger partial charge >= 0.3 is 0 Å². The molecule has 1 unspecified atom stereocenters. The maximum atomic E-state index is 14.7. The number of nitrogens with zero attached hydrogens (tertiary/aromatic N) is 1. The molecule has 33 heavy (non-hydrogen) atoms. The van der Waals surface area contributed by atoms with Crippen molar-refractivity contribution in [2.75, 3.05) is 26.2 Å². The number of unbranched alkanes of at least 4 members (excludes halogenated alkanes) is 1. The number of allylic oxidation sites excluding steroid dienone is 4. The van der Waals surface area contributed by atoms with Crippen LogP contribution in [-0.4, -0.2) is 43.2 Å². The van der Waals surface area contributed by atoms with Gasteiger partial charge in [0.1, 0.15) is 12.0 Å². The molecule has 5 heteroatoms. The molecule has 3 atom stereocenters. The third-order valence-corrected chi connectivity index (χ3v) is 6.18. The van der Waals surface area contributed by atoms with E-state index >= 15 is 0 Å². The van der Waals surface area contributed by atoms with Gasteiger partial charge in [-0.2, -0.15) is 0 Å². The van der Waals surface area contributed by atoms with Crippen LogP contribution in [0.3, 0.4) is 0 Å². The molecule has 0 aromatic rings. The Bertz CT molecular complexity index is 712. The van der Waals surface area contributed by atoms with Crippen molar-refractivity contribution in [3.05, 3.63) is 41.4 Å². The highest BCUT2D eigenvalue weighted by Gasteiger charge is 2.30. The molecule has 1 aliphatic carbocycles. The number of carbonyl (C=O) groups excluding carboxylic acids is 1. The maximum absolute atomic E-state index is 14.7. The van der Waals surface area contributed by atoms with E-state index in [4.69, 9.17) is 0 Å². The van der Waals surface area contributed by atoms with Gasteiger partial charge in [-0.3, -0.25) is 4.79 Å². The molecule has 1 aliphatic heterocycles. The minimum absolute atomic E-state index is 0.116. The van der Waals surface area contributed by atoms with Crippen LogP contribution in [0.5, 0.6) is 0 Å². The molecule has 1 heterocycles. The molecule has 0 aromatic heterocycles. The minimum Gasteiger partial charge on any atom is -0.355 e. The fourth-order valence-electron chi connectivity index (χ4n) is 3.74. The molecule has 0 aromatic carbocycles. The van der Waals surface area contributed by atoms with E-state index in [0.717, 1.165) is 37.9 Å². The lowest BCUT2D eigenvalue weighted by atomic mass is 9.90. The van der Waals surface area contributed by atoms with Crippen LogP contribution in [0, 0.1) is 17.3 Å². The first-order valence-corrected chi connectivity index (χ1v) is 12.7. The Labute approximate surface area is 201 Å². The molecule has 1 amide bonds. The molecule has 0 bridgehead atoms. The number of hydrogen-bond acceptors (Lipinski definition) is 2. The van der Waals surface area contributed by atoms with Crippen molar-refractivity contribution in [3.8, 4) is 0 Å². The second-order valence-electron chi connectivity index (χ2n) is 10.4. The van der Waals surface area contributed by atoms with Gasteiger partial charge < -0.3 is 10.2 Å². The molecule has 0 spiro atoms. The first-order valence-electron chi connectivity index (χ1n) is 12.7. The summed E-state index contributed by atoms with van der Waals surface area (Å²) >= 11 is 0. The van der Waals surface area contributed by atoms with Crippen molar-refractivity contribution in [2.24, 2.45) is 17.3 Å². The Morgan fingerprint density at radius 1 is 1.18 bits per heavy atom. The quantitative estimate of drug-likeness (QED) is 0.375. The highest BCUT2D eigenvalue weighted by atomic mass is 19.1. The number of alkyl halides is 1. The van der Waals surface area contributed by atoms with Gasteiger partial charge in [-0.1, -0.05) is 66.9 Å². The molecule has 0 radical (unpaired) electrons.